The van der Waals surface area contributed by atoms with Gasteiger partial charge < -0.3 is 14.8 Å². The fourth-order valence-electron chi connectivity index (χ4n) is 1.78. The maximum absolute atomic E-state index is 12.2. The van der Waals surface area contributed by atoms with Gasteiger partial charge in [0.2, 0.25) is 0 Å². The molecule has 0 saturated carbocycles. The highest BCUT2D eigenvalue weighted by Gasteiger charge is 2.17. The molecule has 0 unspecified atom stereocenters. The van der Waals surface area contributed by atoms with Gasteiger partial charge in [0.25, 0.3) is 5.91 Å². The number of hydrogen-bond donors (Lipinski definition) is 1. The fraction of sp³-hybridized carbons (Fsp3) is 0.188. The minimum atomic E-state index is -0.703. The van der Waals surface area contributed by atoms with E-state index in [1.807, 2.05) is 6.07 Å². The Morgan fingerprint density at radius 3 is 2.41 bits per heavy atom. The van der Waals surface area contributed by atoms with Gasteiger partial charge in [0.1, 0.15) is 0 Å². The van der Waals surface area contributed by atoms with E-state index in [0.717, 1.165) is 0 Å². The van der Waals surface area contributed by atoms with Crippen LogP contribution in [0, 0.1) is 0 Å². The Morgan fingerprint density at radius 2 is 1.77 bits per heavy atom. The van der Waals surface area contributed by atoms with E-state index in [4.69, 9.17) is 32.7 Å². The maximum Gasteiger partial charge on any atom is 0.265 e. The first-order valence-electron chi connectivity index (χ1n) is 6.57. The number of ether oxygens (including phenoxy) is 2. The Hall–Kier alpha value is -1.91. The van der Waals surface area contributed by atoms with E-state index < -0.39 is 6.10 Å². The van der Waals surface area contributed by atoms with Gasteiger partial charge >= 0.3 is 0 Å². The molecule has 0 fully saturated rings. The molecule has 0 aliphatic heterocycles. The molecule has 0 bridgehead atoms. The van der Waals surface area contributed by atoms with E-state index >= 15 is 0 Å². The van der Waals surface area contributed by atoms with Crippen molar-refractivity contribution in [2.24, 2.45) is 0 Å². The molecule has 2 rings (SSSR count). The summed E-state index contributed by atoms with van der Waals surface area (Å²) < 4.78 is 10.8. The van der Waals surface area contributed by atoms with Crippen molar-refractivity contribution in [2.75, 3.05) is 12.4 Å². The lowest BCUT2D eigenvalue weighted by Gasteiger charge is -2.16. The summed E-state index contributed by atoms with van der Waals surface area (Å²) in [6, 6.07) is 12.0. The average molecular weight is 340 g/mol. The van der Waals surface area contributed by atoms with Crippen molar-refractivity contribution in [2.45, 2.75) is 13.0 Å². The van der Waals surface area contributed by atoms with Gasteiger partial charge in [0.05, 0.1) is 17.2 Å². The number of nitrogens with one attached hydrogen (secondary N) is 1. The minimum Gasteiger partial charge on any atom is -0.493 e. The fourth-order valence-corrected chi connectivity index (χ4v) is 2.08. The molecule has 0 spiro atoms. The van der Waals surface area contributed by atoms with Crippen LogP contribution in [0.25, 0.3) is 0 Å². The van der Waals surface area contributed by atoms with Crippen molar-refractivity contribution in [3.63, 3.8) is 0 Å². The summed E-state index contributed by atoms with van der Waals surface area (Å²) in [6.07, 6.45) is -0.703. The van der Waals surface area contributed by atoms with Gasteiger partial charge in [-0.1, -0.05) is 35.3 Å². The third kappa shape index (κ3) is 4.06. The molecule has 6 heteroatoms. The van der Waals surface area contributed by atoms with Crippen LogP contribution in [0.1, 0.15) is 6.92 Å². The zero-order valence-corrected chi connectivity index (χ0v) is 13.6. The average Bonchev–Trinajstić information content (AvgIpc) is 2.51. The predicted octanol–water partition coefficient (Wildman–Crippen LogP) is 4.41. The summed E-state index contributed by atoms with van der Waals surface area (Å²) in [6.45, 7) is 1.65. The Balaban J connectivity index is 2.04. The molecule has 22 heavy (non-hydrogen) atoms. The Bertz CT molecular complexity index is 676. The van der Waals surface area contributed by atoms with Crippen LogP contribution in [0.5, 0.6) is 11.5 Å². The molecule has 1 N–H and O–H groups in total. The van der Waals surface area contributed by atoms with Crippen molar-refractivity contribution in [1.29, 1.82) is 0 Å². The van der Waals surface area contributed by atoms with E-state index in [-0.39, 0.29) is 5.91 Å². The number of methoxy groups -OCH3 is 1. The van der Waals surface area contributed by atoms with Crippen LogP contribution in [0.3, 0.4) is 0 Å². The monoisotopic (exact) mass is 339 g/mol. The van der Waals surface area contributed by atoms with Gasteiger partial charge in [-0.3, -0.25) is 4.79 Å². The van der Waals surface area contributed by atoms with Gasteiger partial charge in [0, 0.05) is 5.69 Å². The minimum absolute atomic E-state index is 0.302. The molecule has 116 valence electrons. The van der Waals surface area contributed by atoms with E-state index in [1.54, 1.807) is 50.4 Å². The number of rotatable bonds is 5. The second-order valence-corrected chi connectivity index (χ2v) is 5.34. The lowest BCUT2D eigenvalue weighted by molar-refractivity contribution is -0.122. The number of para-hydroxylation sites is 2. The van der Waals surface area contributed by atoms with E-state index in [0.29, 0.717) is 27.2 Å². The number of anilines is 1. The smallest absolute Gasteiger partial charge is 0.265 e. The molecule has 2 aromatic rings. The molecular weight excluding hydrogens is 325 g/mol. The van der Waals surface area contributed by atoms with Gasteiger partial charge in [-0.25, -0.2) is 0 Å². The van der Waals surface area contributed by atoms with Crippen LogP contribution in [0.4, 0.5) is 5.69 Å². The normalized spacial score (nSPS) is 11.6. The first kappa shape index (κ1) is 16.5. The third-order valence-electron chi connectivity index (χ3n) is 2.93. The van der Waals surface area contributed by atoms with Gasteiger partial charge in [0.15, 0.2) is 17.6 Å². The second kappa shape index (κ2) is 7.38. The summed E-state index contributed by atoms with van der Waals surface area (Å²) in [5, 5.41) is 3.52. The van der Waals surface area contributed by atoms with Crippen LogP contribution in [-0.2, 0) is 4.79 Å². The van der Waals surface area contributed by atoms with Crippen molar-refractivity contribution in [3.8, 4) is 11.5 Å². The summed E-state index contributed by atoms with van der Waals surface area (Å²) in [4.78, 5) is 12.2. The van der Waals surface area contributed by atoms with Crippen LogP contribution in [-0.4, -0.2) is 19.1 Å². The Labute approximate surface area is 138 Å². The summed E-state index contributed by atoms with van der Waals surface area (Å²) >= 11 is 11.8. The largest absolute Gasteiger partial charge is 0.493 e. The van der Waals surface area contributed by atoms with E-state index in [2.05, 4.69) is 5.32 Å². The summed E-state index contributed by atoms with van der Waals surface area (Å²) in [5.41, 5.74) is 0.551. The molecule has 0 radical (unpaired) electrons. The van der Waals surface area contributed by atoms with Gasteiger partial charge in [-0.2, -0.15) is 0 Å². The number of benzene rings is 2. The van der Waals surface area contributed by atoms with Crippen LogP contribution < -0.4 is 14.8 Å². The van der Waals surface area contributed by atoms with Crippen LogP contribution in [0.15, 0.2) is 42.5 Å². The third-order valence-corrected chi connectivity index (χ3v) is 3.67. The Kier molecular flexibility index (Phi) is 5.52. The van der Waals surface area contributed by atoms with Crippen LogP contribution in [0.2, 0.25) is 10.0 Å². The molecule has 0 aliphatic rings. The van der Waals surface area contributed by atoms with Gasteiger partial charge in [-0.15, -0.1) is 0 Å². The van der Waals surface area contributed by atoms with Crippen molar-refractivity contribution in [1.82, 2.24) is 0 Å². The predicted molar refractivity (Wildman–Crippen MR) is 88.2 cm³/mol. The van der Waals surface area contributed by atoms with Crippen molar-refractivity contribution >= 4 is 34.8 Å². The van der Waals surface area contributed by atoms with Crippen molar-refractivity contribution in [3.05, 3.63) is 52.5 Å². The lowest BCUT2D eigenvalue weighted by atomic mass is 10.3. The number of hydrogen-bond acceptors (Lipinski definition) is 3. The molecule has 0 aliphatic carbocycles. The number of carbonyl (C=O) groups excluding carboxylic acids is 1. The SMILES string of the molecule is COc1ccccc1O[C@@H](C)C(=O)Nc1ccc(Cl)c(Cl)c1. The topological polar surface area (TPSA) is 47.6 Å². The zero-order valence-electron chi connectivity index (χ0n) is 12.1. The highest BCUT2D eigenvalue weighted by Crippen LogP contribution is 2.28. The first-order valence-corrected chi connectivity index (χ1v) is 7.32. The second-order valence-electron chi connectivity index (χ2n) is 4.53. The molecule has 1 amide bonds. The Morgan fingerprint density at radius 1 is 1.09 bits per heavy atom. The maximum atomic E-state index is 12.2. The quantitative estimate of drug-likeness (QED) is 0.877. The van der Waals surface area contributed by atoms with Gasteiger partial charge in [-0.05, 0) is 37.3 Å². The number of carbonyl (C=O) groups is 1. The molecular formula is C16H15Cl2NO3. The molecule has 0 saturated heterocycles. The standard InChI is InChI=1S/C16H15Cl2NO3/c1-10(22-15-6-4-3-5-14(15)21-2)16(20)19-11-7-8-12(17)13(18)9-11/h3-10H,1-2H3,(H,19,20)/t10-/m0/s1. The highest BCUT2D eigenvalue weighted by atomic mass is 35.5. The van der Waals surface area contributed by atoms with Crippen LogP contribution >= 0.6 is 23.2 Å². The van der Waals surface area contributed by atoms with E-state index in [1.165, 1.54) is 0 Å². The molecule has 1 atom stereocenters. The summed E-state index contributed by atoms with van der Waals surface area (Å²) in [5.74, 6) is 0.766. The number of halogens is 2. The highest BCUT2D eigenvalue weighted by molar-refractivity contribution is 6.42. The molecule has 4 nitrogen and oxygen atoms in total. The first-order chi connectivity index (χ1) is 10.5. The lowest BCUT2D eigenvalue weighted by Crippen LogP contribution is -2.30. The van der Waals surface area contributed by atoms with Crippen molar-refractivity contribution < 1.29 is 14.3 Å². The summed E-state index contributed by atoms with van der Waals surface area (Å²) in [7, 11) is 1.54. The zero-order chi connectivity index (χ0) is 16.1. The molecule has 2 aromatic carbocycles. The number of amides is 1. The molecule has 0 aromatic heterocycles. The van der Waals surface area contributed by atoms with E-state index in [9.17, 15) is 4.79 Å². The molecule has 0 heterocycles.